The summed E-state index contributed by atoms with van der Waals surface area (Å²) in [5, 5.41) is 8.95. The van der Waals surface area contributed by atoms with Crippen LogP contribution in [0.2, 0.25) is 0 Å². The fourth-order valence-electron chi connectivity index (χ4n) is 2.54. The van der Waals surface area contributed by atoms with Crippen molar-refractivity contribution in [3.8, 4) is 0 Å². The molecule has 1 aromatic rings. The zero-order chi connectivity index (χ0) is 13.7. The summed E-state index contributed by atoms with van der Waals surface area (Å²) in [6.07, 6.45) is 6.03. The largest absolute Gasteiger partial charge is 0.478 e. The summed E-state index contributed by atoms with van der Waals surface area (Å²) in [6.45, 7) is 2.44. The lowest BCUT2D eigenvalue weighted by atomic mass is 10.1. The van der Waals surface area contributed by atoms with Crippen molar-refractivity contribution >= 4 is 5.97 Å². The van der Waals surface area contributed by atoms with E-state index in [2.05, 4.69) is 4.90 Å². The minimum atomic E-state index is -1.01. The number of aromatic carboxylic acids is 1. The van der Waals surface area contributed by atoms with Crippen LogP contribution >= 0.6 is 0 Å². The molecule has 1 heterocycles. The summed E-state index contributed by atoms with van der Waals surface area (Å²) in [5.41, 5.74) is 0.643. The van der Waals surface area contributed by atoms with E-state index in [1.54, 1.807) is 0 Å². The van der Waals surface area contributed by atoms with Crippen LogP contribution in [0.1, 0.15) is 48.0 Å². The first-order valence-corrected chi connectivity index (χ1v) is 6.91. The fraction of sp³-hybridized carbons (Fsp3) is 0.533. The average molecular weight is 265 g/mol. The minimum absolute atomic E-state index is 0.156. The number of rotatable bonds is 3. The maximum absolute atomic E-state index is 13.8. The molecule has 104 valence electrons. The molecule has 0 aromatic heterocycles. The zero-order valence-corrected chi connectivity index (χ0v) is 11.1. The highest BCUT2D eigenvalue weighted by Crippen LogP contribution is 2.17. The van der Waals surface area contributed by atoms with E-state index in [1.165, 1.54) is 37.5 Å². The molecule has 19 heavy (non-hydrogen) atoms. The van der Waals surface area contributed by atoms with Gasteiger partial charge in [-0.25, -0.2) is 9.18 Å². The number of hydrogen-bond donors (Lipinski definition) is 1. The quantitative estimate of drug-likeness (QED) is 0.911. The molecule has 1 aromatic carbocycles. The van der Waals surface area contributed by atoms with Crippen molar-refractivity contribution < 1.29 is 14.3 Å². The van der Waals surface area contributed by atoms with Crippen molar-refractivity contribution in [2.45, 2.75) is 38.6 Å². The summed E-state index contributed by atoms with van der Waals surface area (Å²) in [5.74, 6) is -1.32. The smallest absolute Gasteiger partial charge is 0.335 e. The van der Waals surface area contributed by atoms with Gasteiger partial charge >= 0.3 is 5.97 Å². The Hall–Kier alpha value is -1.42. The molecule has 1 aliphatic rings. The third-order valence-electron chi connectivity index (χ3n) is 3.64. The van der Waals surface area contributed by atoms with Gasteiger partial charge in [-0.2, -0.15) is 0 Å². The van der Waals surface area contributed by atoms with E-state index in [0.717, 1.165) is 25.9 Å². The molecule has 3 nitrogen and oxygen atoms in total. The summed E-state index contributed by atoms with van der Waals surface area (Å²) in [7, 11) is 0. The van der Waals surface area contributed by atoms with Gasteiger partial charge in [0.2, 0.25) is 0 Å². The van der Waals surface area contributed by atoms with Crippen LogP contribution in [0.5, 0.6) is 0 Å². The monoisotopic (exact) mass is 265 g/mol. The van der Waals surface area contributed by atoms with Crippen molar-refractivity contribution in [1.29, 1.82) is 0 Å². The van der Waals surface area contributed by atoms with Crippen LogP contribution in [0, 0.1) is 5.82 Å². The number of carbonyl (C=O) groups is 1. The second kappa shape index (κ2) is 6.66. The number of carboxylic acid groups (broad SMARTS) is 1. The highest BCUT2D eigenvalue weighted by atomic mass is 19.1. The van der Waals surface area contributed by atoms with Gasteiger partial charge in [0, 0.05) is 12.1 Å². The lowest BCUT2D eigenvalue weighted by molar-refractivity contribution is 0.0696. The van der Waals surface area contributed by atoms with E-state index in [9.17, 15) is 9.18 Å². The second-order valence-electron chi connectivity index (χ2n) is 5.16. The van der Waals surface area contributed by atoms with Crippen molar-refractivity contribution in [1.82, 2.24) is 4.90 Å². The molecule has 2 rings (SSSR count). The molecule has 0 amide bonds. The lowest BCUT2D eigenvalue weighted by Gasteiger charge is -2.24. The Morgan fingerprint density at radius 3 is 2.42 bits per heavy atom. The van der Waals surface area contributed by atoms with E-state index in [-0.39, 0.29) is 11.4 Å². The Balaban J connectivity index is 2.07. The van der Waals surface area contributed by atoms with E-state index < -0.39 is 5.97 Å². The third-order valence-corrected chi connectivity index (χ3v) is 3.64. The van der Waals surface area contributed by atoms with Crippen molar-refractivity contribution in [2.75, 3.05) is 13.1 Å². The third kappa shape index (κ3) is 4.03. The van der Waals surface area contributed by atoms with Gasteiger partial charge in [0.05, 0.1) is 5.56 Å². The predicted octanol–water partition coefficient (Wildman–Crippen LogP) is 3.29. The molecule has 1 fully saturated rings. The second-order valence-corrected chi connectivity index (χ2v) is 5.16. The Bertz CT molecular complexity index is 440. The standard InChI is InChI=1S/C15H20FNO2/c16-14-7-6-12(15(18)19)10-13(14)11-17-8-4-2-1-3-5-9-17/h6-7,10H,1-5,8-9,11H2,(H,18,19). The van der Waals surface area contributed by atoms with E-state index in [1.807, 2.05) is 0 Å². The van der Waals surface area contributed by atoms with Crippen LogP contribution in [-0.4, -0.2) is 29.1 Å². The highest BCUT2D eigenvalue weighted by molar-refractivity contribution is 5.87. The van der Waals surface area contributed by atoms with Gasteiger partial charge in [0.1, 0.15) is 5.82 Å². The molecule has 0 unspecified atom stereocenters. The van der Waals surface area contributed by atoms with Gasteiger partial charge in [-0.05, 0) is 44.1 Å². The first-order chi connectivity index (χ1) is 9.16. The topological polar surface area (TPSA) is 40.5 Å². The predicted molar refractivity (Wildman–Crippen MR) is 71.7 cm³/mol. The Kier molecular flexibility index (Phi) is 4.91. The first-order valence-electron chi connectivity index (χ1n) is 6.91. The molecular weight excluding hydrogens is 245 g/mol. The molecule has 1 N–H and O–H groups in total. The SMILES string of the molecule is O=C(O)c1ccc(F)c(CN2CCCCCCC2)c1. The van der Waals surface area contributed by atoms with E-state index >= 15 is 0 Å². The zero-order valence-electron chi connectivity index (χ0n) is 11.1. The van der Waals surface area contributed by atoms with E-state index in [0.29, 0.717) is 12.1 Å². The van der Waals surface area contributed by atoms with E-state index in [4.69, 9.17) is 5.11 Å². The van der Waals surface area contributed by atoms with Crippen LogP contribution < -0.4 is 0 Å². The van der Waals surface area contributed by atoms with Gasteiger partial charge in [0.25, 0.3) is 0 Å². The number of benzene rings is 1. The Morgan fingerprint density at radius 2 is 1.79 bits per heavy atom. The van der Waals surface area contributed by atoms with Crippen molar-refractivity contribution in [2.24, 2.45) is 0 Å². The molecule has 0 radical (unpaired) electrons. The van der Waals surface area contributed by atoms with Crippen molar-refractivity contribution in [3.05, 3.63) is 35.1 Å². The molecule has 0 atom stereocenters. The Labute approximate surface area is 113 Å². The summed E-state index contributed by atoms with van der Waals surface area (Å²) in [6, 6.07) is 4.02. The van der Waals surface area contributed by atoms with Crippen LogP contribution in [-0.2, 0) is 6.54 Å². The van der Waals surface area contributed by atoms with Crippen LogP contribution in [0.15, 0.2) is 18.2 Å². The summed E-state index contributed by atoms with van der Waals surface area (Å²) < 4.78 is 13.8. The summed E-state index contributed by atoms with van der Waals surface area (Å²) in [4.78, 5) is 13.1. The maximum Gasteiger partial charge on any atom is 0.335 e. The molecule has 1 aliphatic heterocycles. The molecular formula is C15H20FNO2. The average Bonchev–Trinajstić information content (AvgIpc) is 2.34. The van der Waals surface area contributed by atoms with Gasteiger partial charge in [-0.15, -0.1) is 0 Å². The van der Waals surface area contributed by atoms with Gasteiger partial charge in [-0.3, -0.25) is 4.90 Å². The normalized spacial score (nSPS) is 17.7. The number of carboxylic acids is 1. The summed E-state index contributed by atoms with van der Waals surface area (Å²) >= 11 is 0. The molecule has 0 bridgehead atoms. The van der Waals surface area contributed by atoms with Crippen LogP contribution in [0.25, 0.3) is 0 Å². The highest BCUT2D eigenvalue weighted by Gasteiger charge is 2.13. The molecule has 4 heteroatoms. The lowest BCUT2D eigenvalue weighted by Crippen LogP contribution is -2.27. The Morgan fingerprint density at radius 1 is 1.16 bits per heavy atom. The molecule has 0 saturated carbocycles. The van der Waals surface area contributed by atoms with Crippen LogP contribution in [0.4, 0.5) is 4.39 Å². The minimum Gasteiger partial charge on any atom is -0.478 e. The number of nitrogens with zero attached hydrogens (tertiary/aromatic N) is 1. The molecule has 0 aliphatic carbocycles. The van der Waals surface area contributed by atoms with Crippen LogP contribution in [0.3, 0.4) is 0 Å². The molecule has 0 spiro atoms. The first kappa shape index (κ1) is 14.0. The molecule has 1 saturated heterocycles. The van der Waals surface area contributed by atoms with Gasteiger partial charge in [0.15, 0.2) is 0 Å². The fourth-order valence-corrected chi connectivity index (χ4v) is 2.54. The van der Waals surface area contributed by atoms with Crippen molar-refractivity contribution in [3.63, 3.8) is 0 Å². The maximum atomic E-state index is 13.8. The van der Waals surface area contributed by atoms with Gasteiger partial charge in [-0.1, -0.05) is 19.3 Å². The van der Waals surface area contributed by atoms with Gasteiger partial charge < -0.3 is 5.11 Å². The number of halogens is 1. The number of likely N-dealkylation sites (tertiary alicyclic amines) is 1. The number of hydrogen-bond acceptors (Lipinski definition) is 2.